The zero-order valence-corrected chi connectivity index (χ0v) is 10.3. The fourth-order valence-corrected chi connectivity index (χ4v) is 1.27. The van der Waals surface area contributed by atoms with Crippen molar-refractivity contribution in [1.29, 1.82) is 0 Å². The molecule has 3 N–H and O–H groups in total. The molecule has 0 aromatic carbocycles. The van der Waals surface area contributed by atoms with E-state index in [0.29, 0.717) is 26.3 Å². The van der Waals surface area contributed by atoms with Crippen LogP contribution in [0.15, 0.2) is 11.0 Å². The molecule has 1 fully saturated rings. The van der Waals surface area contributed by atoms with E-state index in [-0.39, 0.29) is 0 Å². The topological polar surface area (TPSA) is 134 Å². The first-order valence-corrected chi connectivity index (χ1v) is 5.47. The Balaban J connectivity index is 2.49. The number of nitrogens with zero attached hydrogens (tertiary/aromatic N) is 2. The van der Waals surface area contributed by atoms with Crippen LogP contribution in [0.25, 0.3) is 0 Å². The molecule has 0 bridgehead atoms. The van der Waals surface area contributed by atoms with E-state index in [1.165, 1.54) is 4.90 Å². The molecule has 0 aliphatic carbocycles. The maximum absolute atomic E-state index is 11.5. The highest BCUT2D eigenvalue weighted by Gasteiger charge is 2.21. The van der Waals surface area contributed by atoms with Crippen LogP contribution in [0.4, 0.5) is 9.59 Å². The Morgan fingerprint density at radius 3 is 2.42 bits per heavy atom. The number of aliphatic hydroxyl groups is 1. The number of hydrogen-bond donors (Lipinski definition) is 3. The fraction of sp³-hybridized carbons (Fsp3) is 0.500. The molecule has 1 rings (SSSR count). The lowest BCUT2D eigenvalue weighted by molar-refractivity contribution is -0.415. The van der Waals surface area contributed by atoms with E-state index < -0.39 is 28.0 Å². The number of ether oxygens (including phenoxy) is 1. The van der Waals surface area contributed by atoms with E-state index in [1.807, 2.05) is 5.32 Å². The smallest absolute Gasteiger partial charge is 0.397 e. The predicted octanol–water partition coefficient (Wildman–Crippen LogP) is -0.0621. The van der Waals surface area contributed by atoms with E-state index in [4.69, 9.17) is 21.4 Å². The van der Waals surface area contributed by atoms with Gasteiger partial charge in [-0.25, -0.2) is 9.59 Å². The van der Waals surface area contributed by atoms with Crippen LogP contribution in [0.1, 0.15) is 0 Å². The molecular weight excluding hydrogens is 284 g/mol. The van der Waals surface area contributed by atoms with Crippen molar-refractivity contribution in [2.75, 3.05) is 26.3 Å². The van der Waals surface area contributed by atoms with Gasteiger partial charge in [0.05, 0.1) is 18.1 Å². The molecule has 1 aliphatic heterocycles. The maximum Gasteiger partial charge on any atom is 0.397 e. The van der Waals surface area contributed by atoms with Crippen LogP contribution in [-0.4, -0.2) is 53.3 Å². The number of carbonyl (C=O) groups excluding carboxylic acids is 2. The van der Waals surface area contributed by atoms with Crippen molar-refractivity contribution in [3.05, 3.63) is 21.2 Å². The van der Waals surface area contributed by atoms with Crippen LogP contribution < -0.4 is 10.6 Å². The Morgan fingerprint density at radius 2 is 1.89 bits per heavy atom. The van der Waals surface area contributed by atoms with Crippen LogP contribution in [0, 0.1) is 10.1 Å². The average Bonchev–Trinajstić information content (AvgIpc) is 2.38. The summed E-state index contributed by atoms with van der Waals surface area (Å²) >= 11 is 5.07. The van der Waals surface area contributed by atoms with E-state index >= 15 is 0 Å². The third-order valence-corrected chi connectivity index (χ3v) is 2.42. The number of morpholine rings is 1. The summed E-state index contributed by atoms with van der Waals surface area (Å²) < 4.78 is 5.02. The predicted molar refractivity (Wildman–Crippen MR) is 62.0 cm³/mol. The molecular formula is C8H11ClN4O6. The van der Waals surface area contributed by atoms with Crippen molar-refractivity contribution in [2.24, 2.45) is 0 Å². The van der Waals surface area contributed by atoms with Crippen molar-refractivity contribution in [1.82, 2.24) is 15.5 Å². The zero-order valence-electron chi connectivity index (χ0n) is 9.59. The highest BCUT2D eigenvalue weighted by molar-refractivity contribution is 6.28. The minimum Gasteiger partial charge on any atom is -0.489 e. The summed E-state index contributed by atoms with van der Waals surface area (Å²) in [6, 6.07) is -1.83. The van der Waals surface area contributed by atoms with Crippen LogP contribution in [-0.2, 0) is 4.74 Å². The van der Waals surface area contributed by atoms with Gasteiger partial charge in [-0.15, -0.1) is 0 Å². The number of nitro groups is 1. The van der Waals surface area contributed by atoms with Crippen molar-refractivity contribution < 1.29 is 24.4 Å². The lowest BCUT2D eigenvalue weighted by atomic mass is 10.4. The molecule has 11 heteroatoms. The molecule has 0 atom stereocenters. The Labute approximate surface area is 112 Å². The SMILES string of the molecule is O=C(NC(=O)N1CCOCC1)N/C(O)=C(\Cl)[N+](=O)[O-]. The number of aliphatic hydroxyl groups excluding tert-OH is 1. The maximum atomic E-state index is 11.5. The van der Waals surface area contributed by atoms with Gasteiger partial charge in [-0.1, -0.05) is 0 Å². The first-order valence-electron chi connectivity index (χ1n) is 5.09. The quantitative estimate of drug-likeness (QED) is 0.283. The summed E-state index contributed by atoms with van der Waals surface area (Å²) in [5.74, 6) is -1.15. The number of halogens is 1. The monoisotopic (exact) mass is 294 g/mol. The van der Waals surface area contributed by atoms with Crippen LogP contribution >= 0.6 is 11.6 Å². The van der Waals surface area contributed by atoms with Gasteiger partial charge in [0, 0.05) is 24.7 Å². The summed E-state index contributed by atoms with van der Waals surface area (Å²) in [5.41, 5.74) is 0. The Kier molecular flexibility index (Phi) is 5.33. The van der Waals surface area contributed by atoms with Crippen LogP contribution in [0.2, 0.25) is 0 Å². The lowest BCUT2D eigenvalue weighted by Gasteiger charge is -2.26. The standard InChI is InChI=1S/C8H11ClN4O6/c9-5(13(17)18)6(14)10-7(15)11-8(16)12-1-3-19-4-2-12/h14H,1-4H2,(H2,10,11,15,16)/b6-5-. The molecule has 1 aliphatic rings. The molecule has 0 radical (unpaired) electrons. The molecule has 1 saturated heterocycles. The lowest BCUT2D eigenvalue weighted by Crippen LogP contribution is -2.50. The normalized spacial score (nSPS) is 16.4. The van der Waals surface area contributed by atoms with E-state index in [2.05, 4.69) is 0 Å². The number of nitrogens with one attached hydrogen (secondary N) is 2. The van der Waals surface area contributed by atoms with Gasteiger partial charge in [-0.05, 0) is 0 Å². The fourth-order valence-electron chi connectivity index (χ4n) is 1.22. The van der Waals surface area contributed by atoms with Gasteiger partial charge >= 0.3 is 17.2 Å². The van der Waals surface area contributed by atoms with Crippen molar-refractivity contribution >= 4 is 23.7 Å². The Bertz CT molecular complexity index is 419. The van der Waals surface area contributed by atoms with Gasteiger partial charge in [-0.2, -0.15) is 0 Å². The van der Waals surface area contributed by atoms with Crippen molar-refractivity contribution in [2.45, 2.75) is 0 Å². The van der Waals surface area contributed by atoms with Crippen LogP contribution in [0.3, 0.4) is 0 Å². The molecule has 4 amide bonds. The van der Waals surface area contributed by atoms with Gasteiger partial charge in [0.25, 0.3) is 5.88 Å². The number of rotatable bonds is 2. The van der Waals surface area contributed by atoms with Gasteiger partial charge in [0.2, 0.25) is 0 Å². The summed E-state index contributed by atoms with van der Waals surface area (Å²) in [6.45, 7) is 1.34. The molecule has 1 heterocycles. The van der Waals surface area contributed by atoms with E-state index in [1.54, 1.807) is 5.32 Å². The minimum absolute atomic E-state index is 0.316. The summed E-state index contributed by atoms with van der Waals surface area (Å²) in [6.07, 6.45) is 0. The van der Waals surface area contributed by atoms with Crippen molar-refractivity contribution in [3.63, 3.8) is 0 Å². The summed E-state index contributed by atoms with van der Waals surface area (Å²) in [7, 11) is 0. The first-order chi connectivity index (χ1) is 8.91. The van der Waals surface area contributed by atoms with Gasteiger partial charge in [0.15, 0.2) is 0 Å². The van der Waals surface area contributed by atoms with E-state index in [9.17, 15) is 19.7 Å². The Morgan fingerprint density at radius 1 is 1.32 bits per heavy atom. The van der Waals surface area contributed by atoms with Gasteiger partial charge in [-0.3, -0.25) is 20.7 Å². The number of hydrogen-bond acceptors (Lipinski definition) is 6. The van der Waals surface area contributed by atoms with Crippen LogP contribution in [0.5, 0.6) is 0 Å². The third kappa shape index (κ3) is 4.60. The van der Waals surface area contributed by atoms with Gasteiger partial charge in [0.1, 0.15) is 0 Å². The average molecular weight is 295 g/mol. The molecule has 10 nitrogen and oxygen atoms in total. The highest BCUT2D eigenvalue weighted by Crippen LogP contribution is 2.04. The minimum atomic E-state index is -1.16. The number of carbonyl (C=O) groups is 2. The number of imide groups is 1. The molecule has 0 aromatic rings. The first kappa shape index (κ1) is 15.0. The summed E-state index contributed by atoms with van der Waals surface area (Å²) in [5, 5.41) is 21.6. The number of urea groups is 2. The second-order valence-electron chi connectivity index (χ2n) is 3.38. The third-order valence-electron chi connectivity index (χ3n) is 2.11. The molecule has 0 aromatic heterocycles. The largest absolute Gasteiger partial charge is 0.489 e. The Hall–Kier alpha value is -2.07. The molecule has 0 spiro atoms. The van der Waals surface area contributed by atoms with Crippen molar-refractivity contribution in [3.8, 4) is 0 Å². The molecule has 106 valence electrons. The molecule has 19 heavy (non-hydrogen) atoms. The number of amides is 4. The second kappa shape index (κ2) is 6.75. The zero-order chi connectivity index (χ0) is 14.4. The summed E-state index contributed by atoms with van der Waals surface area (Å²) in [4.78, 5) is 33.2. The van der Waals surface area contributed by atoms with E-state index in [0.717, 1.165) is 0 Å². The van der Waals surface area contributed by atoms with Gasteiger partial charge < -0.3 is 14.7 Å². The molecule has 0 saturated carbocycles. The molecule has 0 unspecified atom stereocenters. The second-order valence-corrected chi connectivity index (χ2v) is 3.74. The highest BCUT2D eigenvalue weighted by atomic mass is 35.5.